The summed E-state index contributed by atoms with van der Waals surface area (Å²) in [6.45, 7) is 2.47. The number of halogens is 1. The molecule has 0 fully saturated rings. The minimum absolute atomic E-state index is 0.202. The van der Waals surface area contributed by atoms with E-state index in [-0.39, 0.29) is 17.0 Å². The third kappa shape index (κ3) is 4.49. The van der Waals surface area contributed by atoms with Gasteiger partial charge in [-0.3, -0.25) is 4.79 Å². The predicted molar refractivity (Wildman–Crippen MR) is 87.6 cm³/mol. The summed E-state index contributed by atoms with van der Waals surface area (Å²) >= 11 is 0. The Morgan fingerprint density at radius 1 is 1.29 bits per heavy atom. The highest BCUT2D eigenvalue weighted by atomic mass is 32.2. The first-order chi connectivity index (χ1) is 11.3. The van der Waals surface area contributed by atoms with Crippen LogP contribution in [0, 0.1) is 12.7 Å². The van der Waals surface area contributed by atoms with Gasteiger partial charge in [0, 0.05) is 19.3 Å². The summed E-state index contributed by atoms with van der Waals surface area (Å²) in [6, 6.07) is 6.51. The average Bonchev–Trinajstić information content (AvgIpc) is 2.52. The number of amides is 1. The van der Waals surface area contributed by atoms with E-state index in [0.29, 0.717) is 12.4 Å². The van der Waals surface area contributed by atoms with Crippen LogP contribution >= 0.6 is 0 Å². The van der Waals surface area contributed by atoms with E-state index >= 15 is 0 Å². The highest BCUT2D eigenvalue weighted by Gasteiger charge is 2.16. The molecule has 0 unspecified atom stereocenters. The van der Waals surface area contributed by atoms with Crippen LogP contribution in [0.1, 0.15) is 15.9 Å². The molecule has 1 heterocycles. The Kier molecular flexibility index (Phi) is 5.47. The lowest BCUT2D eigenvalue weighted by molar-refractivity contribution is 0.0951. The number of anilines is 1. The summed E-state index contributed by atoms with van der Waals surface area (Å²) in [5.41, 5.74) is 0.575. The van der Waals surface area contributed by atoms with Gasteiger partial charge in [-0.1, -0.05) is 6.07 Å². The topological polar surface area (TPSA) is 114 Å². The number of aromatic nitrogens is 1. The molecule has 4 N–H and O–H groups in total. The van der Waals surface area contributed by atoms with E-state index in [4.69, 9.17) is 5.14 Å². The number of benzene rings is 1. The highest BCUT2D eigenvalue weighted by Crippen LogP contribution is 2.14. The van der Waals surface area contributed by atoms with Crippen LogP contribution in [0.2, 0.25) is 0 Å². The van der Waals surface area contributed by atoms with Crippen molar-refractivity contribution in [3.63, 3.8) is 0 Å². The molecule has 0 atom stereocenters. The maximum atomic E-state index is 13.7. The number of sulfonamides is 1. The maximum absolute atomic E-state index is 13.7. The molecule has 0 radical (unpaired) electrons. The molecule has 0 bridgehead atoms. The zero-order chi connectivity index (χ0) is 17.7. The molecule has 0 aliphatic heterocycles. The number of nitrogens with two attached hydrogens (primary N) is 1. The van der Waals surface area contributed by atoms with E-state index in [2.05, 4.69) is 15.6 Å². The molecule has 1 aromatic carbocycles. The first-order valence-electron chi connectivity index (χ1n) is 7.05. The van der Waals surface area contributed by atoms with E-state index in [1.807, 2.05) is 19.1 Å². The van der Waals surface area contributed by atoms with Crippen molar-refractivity contribution in [1.29, 1.82) is 0 Å². The van der Waals surface area contributed by atoms with Crippen LogP contribution in [0.5, 0.6) is 0 Å². The van der Waals surface area contributed by atoms with Crippen molar-refractivity contribution in [1.82, 2.24) is 10.3 Å². The smallest absolute Gasteiger partial charge is 0.254 e. The molecule has 0 saturated carbocycles. The summed E-state index contributed by atoms with van der Waals surface area (Å²) in [4.78, 5) is 15.8. The number of aryl methyl sites for hydroxylation is 1. The van der Waals surface area contributed by atoms with Crippen LogP contribution in [0.3, 0.4) is 0 Å². The number of hydrogen-bond donors (Lipinski definition) is 3. The molecule has 24 heavy (non-hydrogen) atoms. The van der Waals surface area contributed by atoms with Gasteiger partial charge in [-0.05, 0) is 36.8 Å². The summed E-state index contributed by atoms with van der Waals surface area (Å²) < 4.78 is 36.3. The van der Waals surface area contributed by atoms with Crippen molar-refractivity contribution in [2.24, 2.45) is 5.14 Å². The van der Waals surface area contributed by atoms with Crippen molar-refractivity contribution < 1.29 is 17.6 Å². The van der Waals surface area contributed by atoms with Gasteiger partial charge in [0.15, 0.2) is 0 Å². The number of primary sulfonamides is 1. The predicted octanol–water partition coefficient (Wildman–Crippen LogP) is 1.02. The fraction of sp³-hybridized carbons (Fsp3) is 0.200. The number of nitrogens with zero attached hydrogens (tertiary/aromatic N) is 1. The van der Waals surface area contributed by atoms with Gasteiger partial charge in [-0.2, -0.15) is 0 Å². The van der Waals surface area contributed by atoms with Gasteiger partial charge < -0.3 is 10.6 Å². The van der Waals surface area contributed by atoms with Crippen LogP contribution in [-0.4, -0.2) is 32.4 Å². The monoisotopic (exact) mass is 352 g/mol. The van der Waals surface area contributed by atoms with Crippen LogP contribution in [0.25, 0.3) is 0 Å². The SMILES string of the molecule is Cc1cccnc1NCCNC(=O)c1cc(S(N)(=O)=O)ccc1F. The lowest BCUT2D eigenvalue weighted by Crippen LogP contribution is -2.30. The summed E-state index contributed by atoms with van der Waals surface area (Å²) in [7, 11) is -4.01. The van der Waals surface area contributed by atoms with Gasteiger partial charge in [-0.25, -0.2) is 22.9 Å². The highest BCUT2D eigenvalue weighted by molar-refractivity contribution is 7.89. The normalized spacial score (nSPS) is 11.1. The fourth-order valence-electron chi connectivity index (χ4n) is 1.98. The Morgan fingerprint density at radius 3 is 2.71 bits per heavy atom. The molecule has 1 aromatic heterocycles. The lowest BCUT2D eigenvalue weighted by atomic mass is 10.2. The van der Waals surface area contributed by atoms with Gasteiger partial charge in [-0.15, -0.1) is 0 Å². The number of rotatable bonds is 6. The molecule has 0 aliphatic carbocycles. The quantitative estimate of drug-likeness (QED) is 0.672. The number of hydrogen-bond acceptors (Lipinski definition) is 5. The second-order valence-corrected chi connectivity index (χ2v) is 6.60. The summed E-state index contributed by atoms with van der Waals surface area (Å²) in [6.07, 6.45) is 1.64. The zero-order valence-electron chi connectivity index (χ0n) is 12.9. The van der Waals surface area contributed by atoms with Gasteiger partial charge in [0.05, 0.1) is 10.5 Å². The number of carbonyl (C=O) groups excluding carboxylic acids is 1. The van der Waals surface area contributed by atoms with Crippen LogP contribution in [0.4, 0.5) is 10.2 Å². The second-order valence-electron chi connectivity index (χ2n) is 5.04. The minimum atomic E-state index is -4.01. The van der Waals surface area contributed by atoms with Crippen molar-refractivity contribution in [2.45, 2.75) is 11.8 Å². The van der Waals surface area contributed by atoms with Crippen molar-refractivity contribution in [3.05, 3.63) is 53.5 Å². The molecular weight excluding hydrogens is 335 g/mol. The van der Waals surface area contributed by atoms with Crippen molar-refractivity contribution in [3.8, 4) is 0 Å². The Morgan fingerprint density at radius 2 is 2.04 bits per heavy atom. The second kappa shape index (κ2) is 7.37. The minimum Gasteiger partial charge on any atom is -0.368 e. The molecule has 0 spiro atoms. The molecule has 0 aliphatic rings. The summed E-state index contributed by atoms with van der Waals surface area (Å²) in [5, 5.41) is 10.5. The molecular formula is C15H17FN4O3S. The van der Waals surface area contributed by atoms with Gasteiger partial charge in [0.25, 0.3) is 5.91 Å². The summed E-state index contributed by atoms with van der Waals surface area (Å²) in [5.74, 6) is -0.861. The van der Waals surface area contributed by atoms with Crippen LogP contribution < -0.4 is 15.8 Å². The lowest BCUT2D eigenvalue weighted by Gasteiger charge is -2.10. The Labute approximate surface area is 139 Å². The van der Waals surface area contributed by atoms with Gasteiger partial charge in [0.2, 0.25) is 10.0 Å². The first-order valence-corrected chi connectivity index (χ1v) is 8.59. The van der Waals surface area contributed by atoms with Crippen molar-refractivity contribution in [2.75, 3.05) is 18.4 Å². The molecule has 9 heteroatoms. The molecule has 2 rings (SSSR count). The molecule has 0 saturated heterocycles. The number of carbonyl (C=O) groups is 1. The fourth-order valence-corrected chi connectivity index (χ4v) is 2.52. The average molecular weight is 352 g/mol. The third-order valence-electron chi connectivity index (χ3n) is 3.22. The Balaban J connectivity index is 1.97. The Bertz CT molecular complexity index is 856. The van der Waals surface area contributed by atoms with E-state index in [1.165, 1.54) is 0 Å². The van der Waals surface area contributed by atoms with E-state index in [0.717, 1.165) is 23.8 Å². The standard InChI is InChI=1S/C15H17FN4O3S/c1-10-3-2-6-18-14(10)19-7-8-20-15(21)12-9-11(24(17,22)23)4-5-13(12)16/h2-6,9H,7-8H2,1H3,(H,18,19)(H,20,21)(H2,17,22,23). The van der Waals surface area contributed by atoms with Gasteiger partial charge >= 0.3 is 0 Å². The molecule has 128 valence electrons. The Hall–Kier alpha value is -2.52. The van der Waals surface area contributed by atoms with Crippen LogP contribution in [0.15, 0.2) is 41.4 Å². The molecule has 2 aromatic rings. The molecule has 7 nitrogen and oxygen atoms in total. The number of pyridine rings is 1. The maximum Gasteiger partial charge on any atom is 0.254 e. The molecule has 1 amide bonds. The van der Waals surface area contributed by atoms with E-state index in [9.17, 15) is 17.6 Å². The first kappa shape index (κ1) is 17.8. The number of nitrogens with one attached hydrogen (secondary N) is 2. The van der Waals surface area contributed by atoms with Crippen molar-refractivity contribution >= 4 is 21.7 Å². The van der Waals surface area contributed by atoms with Crippen LogP contribution in [-0.2, 0) is 10.0 Å². The third-order valence-corrected chi connectivity index (χ3v) is 4.13. The van der Waals surface area contributed by atoms with E-state index < -0.39 is 21.7 Å². The van der Waals surface area contributed by atoms with E-state index in [1.54, 1.807) is 6.20 Å². The largest absolute Gasteiger partial charge is 0.368 e. The zero-order valence-corrected chi connectivity index (χ0v) is 13.7. The van der Waals surface area contributed by atoms with Gasteiger partial charge in [0.1, 0.15) is 11.6 Å².